The fourth-order valence-corrected chi connectivity index (χ4v) is 5.24. The smallest absolute Gasteiger partial charge is 0.263 e. The number of amides is 1. The molecule has 1 fully saturated rings. The quantitative estimate of drug-likeness (QED) is 0.618. The highest BCUT2D eigenvalue weighted by Gasteiger charge is 2.34. The van der Waals surface area contributed by atoms with Crippen LogP contribution < -0.4 is 15.0 Å². The number of aromatic nitrogens is 3. The number of fused-ring (bicyclic) bond motifs is 4. The molecule has 34 heavy (non-hydrogen) atoms. The van der Waals surface area contributed by atoms with Crippen LogP contribution in [-0.4, -0.2) is 52.4 Å². The highest BCUT2D eigenvalue weighted by Crippen LogP contribution is 2.41. The molecule has 3 aliphatic heterocycles. The number of hydrogen-bond acceptors (Lipinski definition) is 7. The van der Waals surface area contributed by atoms with Crippen LogP contribution in [-0.2, 0) is 11.2 Å². The molecule has 2 N–H and O–H groups in total. The first-order chi connectivity index (χ1) is 16.5. The van der Waals surface area contributed by atoms with Gasteiger partial charge in [-0.1, -0.05) is 6.07 Å². The van der Waals surface area contributed by atoms with Crippen molar-refractivity contribution >= 4 is 17.4 Å². The summed E-state index contributed by atoms with van der Waals surface area (Å²) < 4.78 is 13.2. The van der Waals surface area contributed by atoms with Crippen molar-refractivity contribution < 1.29 is 19.4 Å². The second-order valence-corrected chi connectivity index (χ2v) is 9.08. The largest absolute Gasteiger partial charge is 0.496 e. The van der Waals surface area contributed by atoms with Gasteiger partial charge in [-0.3, -0.25) is 14.3 Å². The number of rotatable bonds is 3. The number of aliphatic hydroxyl groups excluding tert-OH is 1. The van der Waals surface area contributed by atoms with Crippen molar-refractivity contribution in [2.24, 2.45) is 0 Å². The van der Waals surface area contributed by atoms with Crippen LogP contribution in [0.1, 0.15) is 58.0 Å². The zero-order chi connectivity index (χ0) is 23.4. The number of aryl methyl sites for hydroxylation is 1. The van der Waals surface area contributed by atoms with Gasteiger partial charge in [-0.2, -0.15) is 0 Å². The first-order valence-electron chi connectivity index (χ1n) is 11.6. The molecule has 176 valence electrons. The zero-order valence-corrected chi connectivity index (χ0v) is 19.2. The van der Waals surface area contributed by atoms with E-state index in [1.165, 1.54) is 0 Å². The topological polar surface area (TPSA) is 102 Å². The van der Waals surface area contributed by atoms with Gasteiger partial charge in [-0.05, 0) is 43.4 Å². The molecule has 0 saturated carbocycles. The SMILES string of the molecule is COc1cc2c(cc1C(=O)N1CCc3cc(C)cnc31)NC(O)c1cnc(C3CCOCC3)n1-2. The van der Waals surface area contributed by atoms with Crippen LogP contribution in [0.2, 0.25) is 0 Å². The summed E-state index contributed by atoms with van der Waals surface area (Å²) in [7, 11) is 1.57. The summed E-state index contributed by atoms with van der Waals surface area (Å²) in [4.78, 5) is 24.5. The van der Waals surface area contributed by atoms with E-state index in [0.717, 1.165) is 41.9 Å². The Morgan fingerprint density at radius 2 is 2.03 bits per heavy atom. The second kappa shape index (κ2) is 8.11. The van der Waals surface area contributed by atoms with Crippen molar-refractivity contribution in [3.8, 4) is 11.4 Å². The lowest BCUT2D eigenvalue weighted by atomic mass is 9.98. The number of benzene rings is 1. The maximum atomic E-state index is 13.6. The molecule has 3 aromatic rings. The van der Waals surface area contributed by atoms with Crippen molar-refractivity contribution in [2.75, 3.05) is 37.1 Å². The molecule has 1 amide bonds. The van der Waals surface area contributed by atoms with E-state index < -0.39 is 6.23 Å². The lowest BCUT2D eigenvalue weighted by molar-refractivity contribution is 0.0831. The van der Waals surface area contributed by atoms with Crippen LogP contribution in [0.5, 0.6) is 5.75 Å². The normalized spacial score (nSPS) is 19.3. The van der Waals surface area contributed by atoms with Crippen molar-refractivity contribution in [1.82, 2.24) is 14.5 Å². The Balaban J connectivity index is 1.42. The summed E-state index contributed by atoms with van der Waals surface area (Å²) in [5.41, 5.74) is 4.71. The van der Waals surface area contributed by atoms with Crippen molar-refractivity contribution in [3.05, 3.63) is 58.8 Å². The van der Waals surface area contributed by atoms with Crippen LogP contribution in [0.3, 0.4) is 0 Å². The molecule has 1 saturated heterocycles. The van der Waals surface area contributed by atoms with Crippen LogP contribution in [0.25, 0.3) is 5.69 Å². The van der Waals surface area contributed by atoms with Crippen LogP contribution >= 0.6 is 0 Å². The number of aliphatic hydroxyl groups is 1. The molecule has 1 aromatic carbocycles. The second-order valence-electron chi connectivity index (χ2n) is 9.08. The standard InChI is InChI=1S/C25H27N5O4/c1-14-9-16-3-6-29(22(16)26-12-14)25(32)17-10-18-19(11-21(17)33-2)30-20(24(31)28-18)13-27-23(30)15-4-7-34-8-5-15/h9-13,15,24,28,31H,3-8H2,1-2H3. The Hall–Kier alpha value is -3.43. The van der Waals surface area contributed by atoms with E-state index >= 15 is 0 Å². The van der Waals surface area contributed by atoms with Gasteiger partial charge in [-0.25, -0.2) is 9.97 Å². The van der Waals surface area contributed by atoms with Gasteiger partial charge < -0.3 is 19.9 Å². The van der Waals surface area contributed by atoms with E-state index in [1.807, 2.05) is 17.6 Å². The summed E-state index contributed by atoms with van der Waals surface area (Å²) in [5, 5.41) is 13.9. The summed E-state index contributed by atoms with van der Waals surface area (Å²) in [5.74, 6) is 2.13. The lowest BCUT2D eigenvalue weighted by Crippen LogP contribution is -2.30. The molecular weight excluding hydrogens is 434 g/mol. The number of methoxy groups -OCH3 is 1. The number of carbonyl (C=O) groups is 1. The van der Waals surface area contributed by atoms with Gasteiger partial charge in [0.15, 0.2) is 6.23 Å². The molecule has 9 nitrogen and oxygen atoms in total. The summed E-state index contributed by atoms with van der Waals surface area (Å²) >= 11 is 0. The third kappa shape index (κ3) is 3.26. The third-order valence-corrected chi connectivity index (χ3v) is 6.95. The Labute approximate surface area is 197 Å². The minimum Gasteiger partial charge on any atom is -0.496 e. The zero-order valence-electron chi connectivity index (χ0n) is 19.2. The van der Waals surface area contributed by atoms with Crippen LogP contribution in [0.4, 0.5) is 11.5 Å². The average molecular weight is 462 g/mol. The Kier molecular flexibility index (Phi) is 5.04. The first-order valence-corrected chi connectivity index (χ1v) is 11.6. The Bertz CT molecular complexity index is 1280. The first kappa shape index (κ1) is 21.1. The summed E-state index contributed by atoms with van der Waals surface area (Å²) in [6, 6.07) is 5.70. The lowest BCUT2D eigenvalue weighted by Gasteiger charge is -2.30. The molecule has 1 unspecified atom stereocenters. The molecule has 1 atom stereocenters. The van der Waals surface area contributed by atoms with Crippen molar-refractivity contribution in [1.29, 1.82) is 0 Å². The van der Waals surface area contributed by atoms with Gasteiger partial charge >= 0.3 is 0 Å². The highest BCUT2D eigenvalue weighted by molar-refractivity contribution is 6.09. The molecule has 9 heteroatoms. The fourth-order valence-electron chi connectivity index (χ4n) is 5.24. The van der Waals surface area contributed by atoms with Crippen molar-refractivity contribution in [3.63, 3.8) is 0 Å². The predicted octanol–water partition coefficient (Wildman–Crippen LogP) is 3.10. The van der Waals surface area contributed by atoms with Crippen LogP contribution in [0, 0.1) is 6.92 Å². The Morgan fingerprint density at radius 1 is 1.21 bits per heavy atom. The molecule has 2 aromatic heterocycles. The molecule has 0 radical (unpaired) electrons. The molecule has 3 aliphatic rings. The van der Waals surface area contributed by atoms with Gasteiger partial charge in [0.2, 0.25) is 0 Å². The number of nitrogens with one attached hydrogen (secondary N) is 1. The third-order valence-electron chi connectivity index (χ3n) is 6.95. The minimum absolute atomic E-state index is 0.174. The summed E-state index contributed by atoms with van der Waals surface area (Å²) in [6.45, 7) is 3.96. The molecular formula is C25H27N5O4. The molecule has 0 spiro atoms. The maximum absolute atomic E-state index is 13.6. The maximum Gasteiger partial charge on any atom is 0.263 e. The van der Waals surface area contributed by atoms with E-state index in [2.05, 4.69) is 21.4 Å². The van der Waals surface area contributed by atoms with E-state index in [-0.39, 0.29) is 11.8 Å². The number of carbonyl (C=O) groups excluding carboxylic acids is 1. The fraction of sp³-hybridized carbons (Fsp3) is 0.400. The summed E-state index contributed by atoms with van der Waals surface area (Å²) in [6.07, 6.45) is 5.10. The van der Waals surface area contributed by atoms with Gasteiger partial charge in [0.1, 0.15) is 17.4 Å². The van der Waals surface area contributed by atoms with E-state index in [4.69, 9.17) is 9.47 Å². The number of imidazole rings is 1. The Morgan fingerprint density at radius 3 is 2.82 bits per heavy atom. The number of anilines is 2. The van der Waals surface area contributed by atoms with E-state index in [9.17, 15) is 9.90 Å². The van der Waals surface area contributed by atoms with Crippen LogP contribution in [0.15, 0.2) is 30.6 Å². The van der Waals surface area contributed by atoms with Gasteiger partial charge in [0, 0.05) is 37.9 Å². The number of hydrogen-bond donors (Lipinski definition) is 2. The average Bonchev–Trinajstić information content (AvgIpc) is 3.48. The van der Waals surface area contributed by atoms with E-state index in [0.29, 0.717) is 48.3 Å². The van der Waals surface area contributed by atoms with Crippen molar-refractivity contribution in [2.45, 2.75) is 38.3 Å². The number of ether oxygens (including phenoxy) is 2. The molecule has 0 aliphatic carbocycles. The van der Waals surface area contributed by atoms with Gasteiger partial charge in [0.25, 0.3) is 5.91 Å². The van der Waals surface area contributed by atoms with Gasteiger partial charge in [0.05, 0.1) is 35.9 Å². The molecule has 0 bridgehead atoms. The van der Waals surface area contributed by atoms with E-state index in [1.54, 1.807) is 30.5 Å². The van der Waals surface area contributed by atoms with Gasteiger partial charge in [-0.15, -0.1) is 0 Å². The number of nitrogens with zero attached hydrogens (tertiary/aromatic N) is 4. The minimum atomic E-state index is -0.929. The highest BCUT2D eigenvalue weighted by atomic mass is 16.5. The molecule has 5 heterocycles. The molecule has 6 rings (SSSR count). The monoisotopic (exact) mass is 461 g/mol. The predicted molar refractivity (Wildman–Crippen MR) is 126 cm³/mol. The number of pyridine rings is 1.